The van der Waals surface area contributed by atoms with Crippen molar-refractivity contribution in [2.45, 2.75) is 25.2 Å². The molecule has 0 amide bonds. The van der Waals surface area contributed by atoms with E-state index in [4.69, 9.17) is 0 Å². The van der Waals surface area contributed by atoms with Crippen molar-refractivity contribution in [3.63, 3.8) is 0 Å². The zero-order valence-electron chi connectivity index (χ0n) is 9.23. The molecule has 0 spiro atoms. The monoisotopic (exact) mass is 218 g/mol. The standard InChI is InChI=1S/C13H14O3/c1-16-13(15)8-11-10-5-3-2-4-9(10)6-7-12(11)14/h2-5,11H,6-8H2,1H3/t11-/m0/s1. The molecule has 0 aliphatic heterocycles. The summed E-state index contributed by atoms with van der Waals surface area (Å²) in [6.07, 6.45) is 1.47. The number of methoxy groups -OCH3 is 1. The van der Waals surface area contributed by atoms with Crippen LogP contribution in [0.5, 0.6) is 0 Å². The number of ether oxygens (including phenoxy) is 1. The zero-order chi connectivity index (χ0) is 11.5. The molecule has 1 aromatic carbocycles. The van der Waals surface area contributed by atoms with E-state index in [1.54, 1.807) is 0 Å². The van der Waals surface area contributed by atoms with E-state index >= 15 is 0 Å². The Morgan fingerprint density at radius 2 is 2.12 bits per heavy atom. The molecule has 0 heterocycles. The van der Waals surface area contributed by atoms with Crippen LogP contribution in [0.25, 0.3) is 0 Å². The quantitative estimate of drug-likeness (QED) is 0.711. The highest BCUT2D eigenvalue weighted by molar-refractivity contribution is 5.91. The molecule has 3 heteroatoms. The van der Waals surface area contributed by atoms with Gasteiger partial charge in [-0.25, -0.2) is 0 Å². The molecule has 1 aromatic rings. The van der Waals surface area contributed by atoms with Crippen molar-refractivity contribution in [2.24, 2.45) is 0 Å². The van der Waals surface area contributed by atoms with Gasteiger partial charge in [-0.3, -0.25) is 9.59 Å². The van der Waals surface area contributed by atoms with Crippen molar-refractivity contribution in [3.05, 3.63) is 35.4 Å². The molecule has 0 radical (unpaired) electrons. The SMILES string of the molecule is COC(=O)C[C@@H]1C(=O)CCc2ccccc21. The van der Waals surface area contributed by atoms with Crippen LogP contribution in [0.2, 0.25) is 0 Å². The highest BCUT2D eigenvalue weighted by Crippen LogP contribution is 2.31. The smallest absolute Gasteiger partial charge is 0.306 e. The maximum absolute atomic E-state index is 11.8. The van der Waals surface area contributed by atoms with Crippen LogP contribution in [-0.2, 0) is 20.7 Å². The highest BCUT2D eigenvalue weighted by atomic mass is 16.5. The summed E-state index contributed by atoms with van der Waals surface area (Å²) >= 11 is 0. The molecule has 0 saturated heterocycles. The van der Waals surface area contributed by atoms with Crippen LogP contribution in [0, 0.1) is 0 Å². The van der Waals surface area contributed by atoms with Crippen LogP contribution < -0.4 is 0 Å². The van der Waals surface area contributed by atoms with Gasteiger partial charge in [0.05, 0.1) is 19.4 Å². The van der Waals surface area contributed by atoms with E-state index in [1.807, 2.05) is 24.3 Å². The van der Waals surface area contributed by atoms with Crippen molar-refractivity contribution in [1.29, 1.82) is 0 Å². The predicted molar refractivity (Wildman–Crippen MR) is 59.1 cm³/mol. The number of hydrogen-bond donors (Lipinski definition) is 0. The summed E-state index contributed by atoms with van der Waals surface area (Å²) in [5, 5.41) is 0. The Hall–Kier alpha value is -1.64. The topological polar surface area (TPSA) is 43.4 Å². The summed E-state index contributed by atoms with van der Waals surface area (Å²) in [6.45, 7) is 0. The number of carbonyl (C=O) groups is 2. The minimum absolute atomic E-state index is 0.143. The van der Waals surface area contributed by atoms with E-state index in [1.165, 1.54) is 12.7 Å². The third kappa shape index (κ3) is 1.98. The molecular formula is C13H14O3. The number of esters is 1. The molecule has 0 saturated carbocycles. The van der Waals surface area contributed by atoms with Gasteiger partial charge in [0, 0.05) is 6.42 Å². The first-order valence-electron chi connectivity index (χ1n) is 5.39. The summed E-state index contributed by atoms with van der Waals surface area (Å²) in [5.41, 5.74) is 2.17. The fourth-order valence-electron chi connectivity index (χ4n) is 2.18. The van der Waals surface area contributed by atoms with Crippen molar-refractivity contribution in [1.82, 2.24) is 0 Å². The molecule has 1 atom stereocenters. The molecule has 1 aliphatic rings. The summed E-state index contributed by atoms with van der Waals surface area (Å²) in [5.74, 6) is -0.489. The lowest BCUT2D eigenvalue weighted by atomic mass is 9.80. The maximum Gasteiger partial charge on any atom is 0.306 e. The van der Waals surface area contributed by atoms with Crippen LogP contribution >= 0.6 is 0 Å². The molecule has 84 valence electrons. The van der Waals surface area contributed by atoms with Gasteiger partial charge >= 0.3 is 5.97 Å². The Bertz CT molecular complexity index is 423. The van der Waals surface area contributed by atoms with Gasteiger partial charge in [-0.1, -0.05) is 24.3 Å². The van der Waals surface area contributed by atoms with Gasteiger partial charge < -0.3 is 4.74 Å². The summed E-state index contributed by atoms with van der Waals surface area (Å²) in [7, 11) is 1.35. The first-order chi connectivity index (χ1) is 7.72. The lowest BCUT2D eigenvalue weighted by molar-refractivity contribution is -0.142. The molecule has 0 fully saturated rings. The van der Waals surface area contributed by atoms with Crippen molar-refractivity contribution < 1.29 is 14.3 Å². The van der Waals surface area contributed by atoms with Gasteiger partial charge in [0.15, 0.2) is 0 Å². The molecule has 16 heavy (non-hydrogen) atoms. The van der Waals surface area contributed by atoms with Gasteiger partial charge in [-0.2, -0.15) is 0 Å². The molecule has 3 nitrogen and oxygen atoms in total. The Kier molecular flexibility index (Phi) is 3.04. The predicted octanol–water partition coefficient (Wildman–Crippen LogP) is 1.85. The van der Waals surface area contributed by atoms with E-state index < -0.39 is 0 Å². The first kappa shape index (κ1) is 10.9. The molecular weight excluding hydrogens is 204 g/mol. The Morgan fingerprint density at radius 1 is 1.38 bits per heavy atom. The van der Waals surface area contributed by atoms with Crippen LogP contribution in [0.4, 0.5) is 0 Å². The number of carbonyl (C=O) groups excluding carboxylic acids is 2. The first-order valence-corrected chi connectivity index (χ1v) is 5.39. The van der Waals surface area contributed by atoms with Crippen molar-refractivity contribution >= 4 is 11.8 Å². The van der Waals surface area contributed by atoms with E-state index in [2.05, 4.69) is 4.74 Å². The molecule has 0 bridgehead atoms. The van der Waals surface area contributed by atoms with E-state index in [0.29, 0.717) is 6.42 Å². The third-order valence-corrected chi connectivity index (χ3v) is 3.06. The van der Waals surface area contributed by atoms with Crippen LogP contribution in [0.15, 0.2) is 24.3 Å². The van der Waals surface area contributed by atoms with Crippen molar-refractivity contribution in [3.8, 4) is 0 Å². The molecule has 1 aliphatic carbocycles. The van der Waals surface area contributed by atoms with E-state index in [9.17, 15) is 9.59 Å². The second kappa shape index (κ2) is 4.47. The highest BCUT2D eigenvalue weighted by Gasteiger charge is 2.29. The minimum Gasteiger partial charge on any atom is -0.469 e. The maximum atomic E-state index is 11.8. The zero-order valence-corrected chi connectivity index (χ0v) is 9.23. The van der Waals surface area contributed by atoms with E-state index in [-0.39, 0.29) is 24.1 Å². The number of hydrogen-bond acceptors (Lipinski definition) is 3. The normalized spacial score (nSPS) is 19.1. The lowest BCUT2D eigenvalue weighted by Crippen LogP contribution is -2.23. The van der Waals surface area contributed by atoms with Gasteiger partial charge in [0.1, 0.15) is 5.78 Å². The van der Waals surface area contributed by atoms with Crippen LogP contribution in [-0.4, -0.2) is 18.9 Å². The Morgan fingerprint density at radius 3 is 2.88 bits per heavy atom. The number of Topliss-reactive ketones (excluding diaryl/α,β-unsaturated/α-hetero) is 1. The Labute approximate surface area is 94.4 Å². The molecule has 2 rings (SSSR count). The van der Waals surface area contributed by atoms with Gasteiger partial charge in [0.25, 0.3) is 0 Å². The van der Waals surface area contributed by atoms with Gasteiger partial charge in [-0.15, -0.1) is 0 Å². The number of fused-ring (bicyclic) bond motifs is 1. The average molecular weight is 218 g/mol. The fourth-order valence-corrected chi connectivity index (χ4v) is 2.18. The summed E-state index contributed by atoms with van der Waals surface area (Å²) < 4.78 is 4.63. The second-order valence-corrected chi connectivity index (χ2v) is 4.00. The molecule has 0 aromatic heterocycles. The van der Waals surface area contributed by atoms with Crippen molar-refractivity contribution in [2.75, 3.05) is 7.11 Å². The summed E-state index contributed by atoms with van der Waals surface area (Å²) in [4.78, 5) is 23.1. The minimum atomic E-state index is -0.324. The third-order valence-electron chi connectivity index (χ3n) is 3.06. The summed E-state index contributed by atoms with van der Waals surface area (Å²) in [6, 6.07) is 7.82. The van der Waals surface area contributed by atoms with E-state index in [0.717, 1.165) is 12.0 Å². The Balaban J connectivity index is 2.29. The second-order valence-electron chi connectivity index (χ2n) is 4.00. The van der Waals surface area contributed by atoms with Gasteiger partial charge in [-0.05, 0) is 17.5 Å². The van der Waals surface area contributed by atoms with Crippen LogP contribution in [0.1, 0.15) is 29.9 Å². The number of rotatable bonds is 2. The number of benzene rings is 1. The number of ketones is 1. The van der Waals surface area contributed by atoms with Gasteiger partial charge in [0.2, 0.25) is 0 Å². The number of aryl methyl sites for hydroxylation is 1. The largest absolute Gasteiger partial charge is 0.469 e. The fraction of sp³-hybridized carbons (Fsp3) is 0.385. The average Bonchev–Trinajstić information content (AvgIpc) is 2.32. The molecule has 0 N–H and O–H groups in total. The van der Waals surface area contributed by atoms with Crippen LogP contribution in [0.3, 0.4) is 0 Å². The lowest BCUT2D eigenvalue weighted by Gasteiger charge is -2.23. The molecule has 0 unspecified atom stereocenters.